The van der Waals surface area contributed by atoms with Gasteiger partial charge < -0.3 is 5.73 Å². The van der Waals surface area contributed by atoms with E-state index in [-0.39, 0.29) is 18.4 Å². The summed E-state index contributed by atoms with van der Waals surface area (Å²) in [5, 5.41) is 0.764. The normalized spacial score (nSPS) is 12.0. The van der Waals surface area contributed by atoms with Gasteiger partial charge in [0.1, 0.15) is 0 Å². The monoisotopic (exact) mass is 205 g/mol. The molecule has 2 N–H and O–H groups in total. The van der Waals surface area contributed by atoms with Crippen LogP contribution in [0.25, 0.3) is 0 Å². The molecule has 0 fully saturated rings. The van der Waals surface area contributed by atoms with Crippen molar-refractivity contribution in [3.63, 3.8) is 0 Å². The summed E-state index contributed by atoms with van der Waals surface area (Å²) in [5.74, 6) is 0. The fourth-order valence-electron chi connectivity index (χ4n) is 1.00. The van der Waals surface area contributed by atoms with Crippen LogP contribution in [0.5, 0.6) is 0 Å². The molecular formula is C9H13Cl2N. The van der Waals surface area contributed by atoms with Crippen molar-refractivity contribution < 1.29 is 0 Å². The maximum atomic E-state index is 5.94. The summed E-state index contributed by atoms with van der Waals surface area (Å²) in [6.07, 6.45) is 0. The van der Waals surface area contributed by atoms with E-state index >= 15 is 0 Å². The zero-order valence-corrected chi connectivity index (χ0v) is 8.75. The van der Waals surface area contributed by atoms with E-state index < -0.39 is 0 Å². The lowest BCUT2D eigenvalue weighted by Crippen LogP contribution is -2.05. The van der Waals surface area contributed by atoms with Crippen LogP contribution in [0.1, 0.15) is 24.1 Å². The molecule has 0 unspecified atom stereocenters. The van der Waals surface area contributed by atoms with Crippen molar-refractivity contribution in [2.45, 2.75) is 19.9 Å². The van der Waals surface area contributed by atoms with E-state index in [0.717, 1.165) is 10.6 Å². The Morgan fingerprint density at radius 3 is 2.42 bits per heavy atom. The predicted octanol–water partition coefficient (Wildman–Crippen LogP) is 3.09. The number of hydrogen-bond acceptors (Lipinski definition) is 1. The molecule has 12 heavy (non-hydrogen) atoms. The number of rotatable bonds is 1. The number of halogens is 2. The Morgan fingerprint density at radius 2 is 2.00 bits per heavy atom. The van der Waals surface area contributed by atoms with Crippen molar-refractivity contribution in [3.8, 4) is 0 Å². The zero-order valence-electron chi connectivity index (χ0n) is 7.17. The van der Waals surface area contributed by atoms with Gasteiger partial charge in [-0.25, -0.2) is 0 Å². The lowest BCUT2D eigenvalue weighted by molar-refractivity contribution is 0.818. The molecule has 0 radical (unpaired) electrons. The first-order valence-electron chi connectivity index (χ1n) is 3.63. The minimum absolute atomic E-state index is 0. The maximum Gasteiger partial charge on any atom is 0.0456 e. The van der Waals surface area contributed by atoms with E-state index in [0.29, 0.717) is 0 Å². The molecule has 1 aromatic rings. The van der Waals surface area contributed by atoms with Gasteiger partial charge in [0.2, 0.25) is 0 Å². The summed E-state index contributed by atoms with van der Waals surface area (Å²) in [4.78, 5) is 0. The van der Waals surface area contributed by atoms with Crippen LogP contribution in [0.3, 0.4) is 0 Å². The molecule has 0 aliphatic rings. The van der Waals surface area contributed by atoms with Gasteiger partial charge in [0.15, 0.2) is 0 Å². The molecular weight excluding hydrogens is 193 g/mol. The Hall–Kier alpha value is -0.240. The van der Waals surface area contributed by atoms with Gasteiger partial charge >= 0.3 is 0 Å². The molecule has 0 saturated carbocycles. The Labute approximate surface area is 84.3 Å². The van der Waals surface area contributed by atoms with Crippen LogP contribution in [-0.2, 0) is 0 Å². The summed E-state index contributed by atoms with van der Waals surface area (Å²) in [5.41, 5.74) is 7.86. The van der Waals surface area contributed by atoms with Gasteiger partial charge in [-0.3, -0.25) is 0 Å². The molecule has 3 heteroatoms. The third kappa shape index (κ3) is 2.67. The number of aryl methyl sites for hydroxylation is 1. The van der Waals surface area contributed by atoms with E-state index in [2.05, 4.69) is 0 Å². The standard InChI is InChI=1S/C9H12ClN.ClH/c1-6-3-4-8(7(2)11)9(10)5-6;/h3-5,7H,11H2,1-2H3;1H/t7-;/m0./s1. The van der Waals surface area contributed by atoms with Crippen molar-refractivity contribution >= 4 is 24.0 Å². The topological polar surface area (TPSA) is 26.0 Å². The third-order valence-electron chi connectivity index (χ3n) is 1.65. The molecule has 0 aliphatic carbocycles. The van der Waals surface area contributed by atoms with E-state index in [1.807, 2.05) is 32.0 Å². The van der Waals surface area contributed by atoms with Crippen molar-refractivity contribution in [2.24, 2.45) is 5.73 Å². The molecule has 0 heterocycles. The van der Waals surface area contributed by atoms with Gasteiger partial charge in [0.05, 0.1) is 0 Å². The Balaban J connectivity index is 0.00000121. The first-order chi connectivity index (χ1) is 5.11. The van der Waals surface area contributed by atoms with Crippen LogP contribution in [-0.4, -0.2) is 0 Å². The largest absolute Gasteiger partial charge is 0.324 e. The van der Waals surface area contributed by atoms with E-state index in [1.165, 1.54) is 5.56 Å². The van der Waals surface area contributed by atoms with Gasteiger partial charge in [-0.1, -0.05) is 23.7 Å². The quantitative estimate of drug-likeness (QED) is 0.750. The fraction of sp³-hybridized carbons (Fsp3) is 0.333. The molecule has 68 valence electrons. The molecule has 0 aromatic heterocycles. The van der Waals surface area contributed by atoms with Gasteiger partial charge in [-0.05, 0) is 31.0 Å². The first-order valence-corrected chi connectivity index (χ1v) is 4.00. The summed E-state index contributed by atoms with van der Waals surface area (Å²) in [6.45, 7) is 3.94. The van der Waals surface area contributed by atoms with Gasteiger partial charge in [0.25, 0.3) is 0 Å². The highest BCUT2D eigenvalue weighted by Gasteiger charge is 2.03. The minimum Gasteiger partial charge on any atom is -0.324 e. The van der Waals surface area contributed by atoms with E-state index in [4.69, 9.17) is 17.3 Å². The molecule has 1 atom stereocenters. The predicted molar refractivity (Wildman–Crippen MR) is 56.0 cm³/mol. The zero-order chi connectivity index (χ0) is 8.43. The lowest BCUT2D eigenvalue weighted by Gasteiger charge is -2.07. The second-order valence-electron chi connectivity index (χ2n) is 2.81. The molecule has 0 bridgehead atoms. The Morgan fingerprint density at radius 1 is 1.42 bits per heavy atom. The van der Waals surface area contributed by atoms with E-state index in [9.17, 15) is 0 Å². The SMILES string of the molecule is Cc1ccc([C@H](C)N)c(Cl)c1.Cl. The van der Waals surface area contributed by atoms with E-state index in [1.54, 1.807) is 0 Å². The second kappa shape index (κ2) is 4.70. The average Bonchev–Trinajstić information content (AvgIpc) is 1.85. The van der Waals surface area contributed by atoms with Crippen LogP contribution < -0.4 is 5.73 Å². The summed E-state index contributed by atoms with van der Waals surface area (Å²) in [6, 6.07) is 5.94. The molecule has 0 aliphatic heterocycles. The highest BCUT2D eigenvalue weighted by atomic mass is 35.5. The smallest absolute Gasteiger partial charge is 0.0456 e. The first kappa shape index (κ1) is 11.8. The third-order valence-corrected chi connectivity index (χ3v) is 1.97. The summed E-state index contributed by atoms with van der Waals surface area (Å²) < 4.78 is 0. The summed E-state index contributed by atoms with van der Waals surface area (Å²) in [7, 11) is 0. The number of benzene rings is 1. The number of nitrogens with two attached hydrogens (primary N) is 1. The lowest BCUT2D eigenvalue weighted by atomic mass is 10.1. The van der Waals surface area contributed by atoms with Gasteiger partial charge in [0, 0.05) is 11.1 Å². The van der Waals surface area contributed by atoms with Crippen LogP contribution >= 0.6 is 24.0 Å². The molecule has 1 aromatic carbocycles. The molecule has 0 spiro atoms. The Bertz CT molecular complexity index is 259. The maximum absolute atomic E-state index is 5.94. The highest BCUT2D eigenvalue weighted by Crippen LogP contribution is 2.21. The van der Waals surface area contributed by atoms with Crippen LogP contribution in [0.2, 0.25) is 5.02 Å². The van der Waals surface area contributed by atoms with Gasteiger partial charge in [-0.2, -0.15) is 0 Å². The van der Waals surface area contributed by atoms with Crippen LogP contribution in [0.15, 0.2) is 18.2 Å². The number of hydrogen-bond donors (Lipinski definition) is 1. The second-order valence-corrected chi connectivity index (χ2v) is 3.22. The average molecular weight is 206 g/mol. The van der Waals surface area contributed by atoms with Crippen molar-refractivity contribution in [2.75, 3.05) is 0 Å². The molecule has 0 amide bonds. The molecule has 1 rings (SSSR count). The van der Waals surface area contributed by atoms with Gasteiger partial charge in [-0.15, -0.1) is 12.4 Å². The van der Waals surface area contributed by atoms with Crippen molar-refractivity contribution in [1.29, 1.82) is 0 Å². The minimum atomic E-state index is 0. The molecule has 0 saturated heterocycles. The highest BCUT2D eigenvalue weighted by molar-refractivity contribution is 6.31. The summed E-state index contributed by atoms with van der Waals surface area (Å²) >= 11 is 5.94. The van der Waals surface area contributed by atoms with Crippen molar-refractivity contribution in [3.05, 3.63) is 34.3 Å². The van der Waals surface area contributed by atoms with Crippen molar-refractivity contribution in [1.82, 2.24) is 0 Å². The fourth-order valence-corrected chi connectivity index (χ4v) is 1.41. The van der Waals surface area contributed by atoms with Crippen LogP contribution in [0.4, 0.5) is 0 Å². The molecule has 1 nitrogen and oxygen atoms in total. The Kier molecular flexibility index (Phi) is 4.61. The van der Waals surface area contributed by atoms with Crippen LogP contribution in [0, 0.1) is 6.92 Å².